The van der Waals surface area contributed by atoms with Crippen molar-refractivity contribution < 1.29 is 32.3 Å². The summed E-state index contributed by atoms with van der Waals surface area (Å²) in [4.78, 5) is 37.0. The third-order valence-electron chi connectivity index (χ3n) is 4.14. The summed E-state index contributed by atoms with van der Waals surface area (Å²) in [6, 6.07) is 0. The molecule has 2 rings (SSSR count). The molecule has 1 fully saturated rings. The van der Waals surface area contributed by atoms with Crippen molar-refractivity contribution in [3.63, 3.8) is 0 Å². The number of ether oxygens (including phenoxy) is 2. The van der Waals surface area contributed by atoms with Gasteiger partial charge in [0.15, 0.2) is 9.84 Å². The van der Waals surface area contributed by atoms with Gasteiger partial charge in [0.2, 0.25) is 5.91 Å². The molecule has 0 aromatic carbocycles. The van der Waals surface area contributed by atoms with Crippen LogP contribution in [0.1, 0.15) is 52.3 Å². The first kappa shape index (κ1) is 21.4. The van der Waals surface area contributed by atoms with Crippen molar-refractivity contribution >= 4 is 44.0 Å². The number of sulfone groups is 1. The Bertz CT molecular complexity index is 842. The van der Waals surface area contributed by atoms with Crippen molar-refractivity contribution in [2.75, 3.05) is 30.0 Å². The first-order valence-corrected chi connectivity index (χ1v) is 11.3. The minimum Gasteiger partial charge on any atom is -0.462 e. The summed E-state index contributed by atoms with van der Waals surface area (Å²) in [6.45, 7) is 5.25. The van der Waals surface area contributed by atoms with Crippen LogP contribution in [0, 0.1) is 12.8 Å². The van der Waals surface area contributed by atoms with Crippen molar-refractivity contribution in [2.24, 2.45) is 5.92 Å². The maximum atomic E-state index is 12.4. The molecule has 1 aromatic rings. The van der Waals surface area contributed by atoms with Gasteiger partial charge in [-0.15, -0.1) is 11.3 Å². The van der Waals surface area contributed by atoms with E-state index in [0.29, 0.717) is 12.0 Å². The second-order valence-corrected chi connectivity index (χ2v) is 9.47. The Balaban J connectivity index is 2.23. The zero-order chi connectivity index (χ0) is 20.2. The topological polar surface area (TPSA) is 116 Å². The van der Waals surface area contributed by atoms with Crippen LogP contribution in [-0.2, 0) is 24.1 Å². The van der Waals surface area contributed by atoms with E-state index in [-0.39, 0.29) is 52.5 Å². The molecule has 1 aromatic heterocycles. The zero-order valence-electron chi connectivity index (χ0n) is 15.5. The van der Waals surface area contributed by atoms with Crippen LogP contribution in [0.2, 0.25) is 0 Å². The van der Waals surface area contributed by atoms with E-state index in [4.69, 9.17) is 9.47 Å². The summed E-state index contributed by atoms with van der Waals surface area (Å²) >= 11 is 0.949. The van der Waals surface area contributed by atoms with E-state index >= 15 is 0 Å². The smallest absolute Gasteiger partial charge is 0.348 e. The van der Waals surface area contributed by atoms with E-state index in [1.165, 1.54) is 0 Å². The largest absolute Gasteiger partial charge is 0.462 e. The molecule has 0 bridgehead atoms. The molecule has 1 aliphatic rings. The van der Waals surface area contributed by atoms with Gasteiger partial charge in [-0.25, -0.2) is 18.0 Å². The molecule has 10 heteroatoms. The van der Waals surface area contributed by atoms with Gasteiger partial charge in [0.05, 0.1) is 30.3 Å². The van der Waals surface area contributed by atoms with E-state index < -0.39 is 27.7 Å². The maximum Gasteiger partial charge on any atom is 0.348 e. The number of rotatable bonds is 7. The van der Waals surface area contributed by atoms with Crippen molar-refractivity contribution in [3.8, 4) is 0 Å². The Labute approximate surface area is 162 Å². The third kappa shape index (κ3) is 5.29. The highest BCUT2D eigenvalue weighted by Gasteiger charge is 2.31. The summed E-state index contributed by atoms with van der Waals surface area (Å²) in [5.74, 6) is -1.79. The lowest BCUT2D eigenvalue weighted by molar-refractivity contribution is -0.116. The van der Waals surface area contributed by atoms with E-state index in [1.807, 2.05) is 0 Å². The Morgan fingerprint density at radius 1 is 1.15 bits per heavy atom. The van der Waals surface area contributed by atoms with Gasteiger partial charge in [0, 0.05) is 6.42 Å². The molecule has 2 heterocycles. The van der Waals surface area contributed by atoms with Gasteiger partial charge in [-0.2, -0.15) is 0 Å². The molecular weight excluding hydrogens is 394 g/mol. The Morgan fingerprint density at radius 2 is 1.78 bits per heavy atom. The predicted molar refractivity (Wildman–Crippen MR) is 101 cm³/mol. The van der Waals surface area contributed by atoms with Gasteiger partial charge >= 0.3 is 11.9 Å². The summed E-state index contributed by atoms with van der Waals surface area (Å²) in [5.41, 5.74) is 0.507. The van der Waals surface area contributed by atoms with Crippen LogP contribution in [0.25, 0.3) is 0 Å². The minimum absolute atomic E-state index is 0.0112. The van der Waals surface area contributed by atoms with Crippen molar-refractivity contribution in [2.45, 2.75) is 33.6 Å². The van der Waals surface area contributed by atoms with Crippen LogP contribution < -0.4 is 5.32 Å². The van der Waals surface area contributed by atoms with E-state index in [2.05, 4.69) is 5.32 Å². The fourth-order valence-corrected chi connectivity index (χ4v) is 5.88. The zero-order valence-corrected chi connectivity index (χ0v) is 17.1. The highest BCUT2D eigenvalue weighted by molar-refractivity contribution is 7.91. The average molecular weight is 418 g/mol. The van der Waals surface area contributed by atoms with Gasteiger partial charge in [0.25, 0.3) is 0 Å². The number of hydrogen-bond donors (Lipinski definition) is 1. The van der Waals surface area contributed by atoms with Crippen LogP contribution >= 0.6 is 11.3 Å². The molecule has 8 nitrogen and oxygen atoms in total. The molecule has 0 radical (unpaired) electrons. The standard InChI is InChI=1S/C17H23NO7S2/c1-4-24-16(20)13-10(3)14(17(21)25-5-2)26-15(13)18-12(19)8-11-6-7-27(22,23)9-11/h11H,4-9H2,1-3H3,(H,18,19)/t11-/m1/s1. The van der Waals surface area contributed by atoms with Gasteiger partial charge in [0.1, 0.15) is 9.88 Å². The lowest BCUT2D eigenvalue weighted by atomic mass is 10.1. The first-order valence-electron chi connectivity index (χ1n) is 8.66. The molecular formula is C17H23NO7S2. The van der Waals surface area contributed by atoms with Crippen molar-refractivity contribution in [1.82, 2.24) is 0 Å². The molecule has 27 heavy (non-hydrogen) atoms. The van der Waals surface area contributed by atoms with Crippen LogP contribution in [0.4, 0.5) is 5.00 Å². The number of hydrogen-bond acceptors (Lipinski definition) is 8. The summed E-state index contributed by atoms with van der Waals surface area (Å²) in [7, 11) is -3.08. The number of amides is 1. The highest BCUT2D eigenvalue weighted by atomic mass is 32.2. The van der Waals surface area contributed by atoms with Crippen molar-refractivity contribution in [1.29, 1.82) is 0 Å². The number of anilines is 1. The Morgan fingerprint density at radius 3 is 2.33 bits per heavy atom. The van der Waals surface area contributed by atoms with Crippen LogP contribution in [0.3, 0.4) is 0 Å². The molecule has 150 valence electrons. The fourth-order valence-electron chi connectivity index (χ4n) is 2.91. The lowest BCUT2D eigenvalue weighted by Gasteiger charge is -2.09. The van der Waals surface area contributed by atoms with Gasteiger partial charge in [-0.3, -0.25) is 4.79 Å². The third-order valence-corrected chi connectivity index (χ3v) is 7.17. The Kier molecular flexibility index (Phi) is 6.99. The molecule has 1 aliphatic heterocycles. The summed E-state index contributed by atoms with van der Waals surface area (Å²) in [6.07, 6.45) is 0.477. The number of nitrogens with one attached hydrogen (secondary N) is 1. The fraction of sp³-hybridized carbons (Fsp3) is 0.588. The number of carbonyl (C=O) groups is 3. The second-order valence-electron chi connectivity index (χ2n) is 6.22. The molecule has 0 aliphatic carbocycles. The normalized spacial score (nSPS) is 18.1. The highest BCUT2D eigenvalue weighted by Crippen LogP contribution is 2.35. The maximum absolute atomic E-state index is 12.4. The van der Waals surface area contributed by atoms with Gasteiger partial charge in [-0.1, -0.05) is 0 Å². The SMILES string of the molecule is CCOC(=O)c1sc(NC(=O)C[C@H]2CCS(=O)(=O)C2)c(C(=O)OCC)c1C. The van der Waals surface area contributed by atoms with E-state index in [1.54, 1.807) is 20.8 Å². The molecule has 1 amide bonds. The number of esters is 2. The van der Waals surface area contributed by atoms with E-state index in [9.17, 15) is 22.8 Å². The average Bonchev–Trinajstić information content (AvgIpc) is 3.07. The predicted octanol–water partition coefficient (Wildman–Crippen LogP) is 2.17. The first-order chi connectivity index (χ1) is 12.7. The number of thiophene rings is 1. The van der Waals surface area contributed by atoms with Crippen LogP contribution in [0.5, 0.6) is 0 Å². The molecule has 1 N–H and O–H groups in total. The molecule has 1 saturated heterocycles. The van der Waals surface area contributed by atoms with Crippen LogP contribution in [-0.4, -0.2) is 51.0 Å². The number of carbonyl (C=O) groups excluding carboxylic acids is 3. The van der Waals surface area contributed by atoms with Crippen LogP contribution in [0.15, 0.2) is 0 Å². The molecule has 1 atom stereocenters. The molecule has 0 saturated carbocycles. The monoisotopic (exact) mass is 417 g/mol. The Hall–Kier alpha value is -1.94. The summed E-state index contributed by atoms with van der Waals surface area (Å²) in [5, 5.41) is 2.85. The summed E-state index contributed by atoms with van der Waals surface area (Å²) < 4.78 is 33.1. The lowest BCUT2D eigenvalue weighted by Crippen LogP contribution is -2.18. The molecule has 0 unspecified atom stereocenters. The van der Waals surface area contributed by atoms with Crippen molar-refractivity contribution in [3.05, 3.63) is 16.0 Å². The second kappa shape index (κ2) is 8.83. The minimum atomic E-state index is -3.08. The van der Waals surface area contributed by atoms with Gasteiger partial charge < -0.3 is 14.8 Å². The molecule has 0 spiro atoms. The van der Waals surface area contributed by atoms with E-state index in [0.717, 1.165) is 11.3 Å². The quantitative estimate of drug-likeness (QED) is 0.676. The van der Waals surface area contributed by atoms with Gasteiger partial charge in [-0.05, 0) is 38.7 Å².